The number of nitrogens with one attached hydrogen (secondary N) is 1. The second-order valence-electron chi connectivity index (χ2n) is 6.92. The van der Waals surface area contributed by atoms with E-state index in [1.54, 1.807) is 0 Å². The molecule has 1 heterocycles. The second kappa shape index (κ2) is 6.32. The molecule has 2 aliphatic rings. The van der Waals surface area contributed by atoms with Crippen molar-refractivity contribution in [1.29, 1.82) is 0 Å². The summed E-state index contributed by atoms with van der Waals surface area (Å²) in [4.78, 5) is 28.6. The Morgan fingerprint density at radius 1 is 1.26 bits per heavy atom. The van der Waals surface area contributed by atoms with Crippen molar-refractivity contribution in [3.63, 3.8) is 0 Å². The molecule has 2 fully saturated rings. The Kier molecular flexibility index (Phi) is 4.39. The number of amides is 3. The van der Waals surface area contributed by atoms with Crippen LogP contribution in [0.1, 0.15) is 38.2 Å². The Morgan fingerprint density at radius 2 is 2.00 bits per heavy atom. The highest BCUT2D eigenvalue weighted by Crippen LogP contribution is 2.38. The van der Waals surface area contributed by atoms with Crippen molar-refractivity contribution in [2.75, 3.05) is 13.7 Å². The summed E-state index contributed by atoms with van der Waals surface area (Å²) in [5.74, 6) is 0.159. The van der Waals surface area contributed by atoms with Gasteiger partial charge >= 0.3 is 6.03 Å². The van der Waals surface area contributed by atoms with Crippen molar-refractivity contribution >= 4 is 11.9 Å². The predicted molar refractivity (Wildman–Crippen MR) is 88.5 cm³/mol. The number of nitrogens with zero attached hydrogens (tertiary/aromatic N) is 2. The third-order valence-electron chi connectivity index (χ3n) is 5.18. The molecule has 1 spiro atoms. The average molecular weight is 315 g/mol. The summed E-state index contributed by atoms with van der Waals surface area (Å²) in [6.07, 6.45) is 3.90. The molecule has 0 unspecified atom stereocenters. The zero-order chi connectivity index (χ0) is 16.4. The monoisotopic (exact) mass is 315 g/mol. The molecule has 0 radical (unpaired) electrons. The predicted octanol–water partition coefficient (Wildman–Crippen LogP) is 2.58. The Morgan fingerprint density at radius 3 is 2.70 bits per heavy atom. The summed E-state index contributed by atoms with van der Waals surface area (Å²) in [7, 11) is 1.93. The maximum absolute atomic E-state index is 12.9. The molecule has 2 atom stereocenters. The minimum absolute atomic E-state index is 0.0467. The number of urea groups is 1. The summed E-state index contributed by atoms with van der Waals surface area (Å²) in [6.45, 7) is 3.11. The Balaban J connectivity index is 1.68. The molecular weight excluding hydrogens is 290 g/mol. The molecule has 5 heteroatoms. The molecule has 0 aromatic heterocycles. The second-order valence-corrected chi connectivity index (χ2v) is 6.92. The molecule has 1 aliphatic carbocycles. The van der Waals surface area contributed by atoms with Gasteiger partial charge in [-0.3, -0.25) is 9.69 Å². The third kappa shape index (κ3) is 2.98. The molecule has 3 rings (SSSR count). The lowest BCUT2D eigenvalue weighted by Crippen LogP contribution is -2.54. The Hall–Kier alpha value is -1.88. The quantitative estimate of drug-likeness (QED) is 0.869. The number of rotatable bonds is 4. The van der Waals surface area contributed by atoms with Crippen LogP contribution >= 0.6 is 0 Å². The van der Waals surface area contributed by atoms with Crippen LogP contribution in [-0.4, -0.2) is 41.0 Å². The molecule has 23 heavy (non-hydrogen) atoms. The van der Waals surface area contributed by atoms with Crippen LogP contribution in [0.15, 0.2) is 30.3 Å². The van der Waals surface area contributed by atoms with E-state index in [1.807, 2.05) is 42.3 Å². The van der Waals surface area contributed by atoms with Crippen molar-refractivity contribution in [3.05, 3.63) is 35.9 Å². The summed E-state index contributed by atoms with van der Waals surface area (Å²) in [5, 5.41) is 3.00. The lowest BCUT2D eigenvalue weighted by molar-refractivity contribution is -0.135. The van der Waals surface area contributed by atoms with Crippen LogP contribution in [0.3, 0.4) is 0 Å². The normalized spacial score (nSPS) is 27.8. The van der Waals surface area contributed by atoms with E-state index in [0.717, 1.165) is 25.7 Å². The Labute approximate surface area is 137 Å². The maximum Gasteiger partial charge on any atom is 0.326 e. The van der Waals surface area contributed by atoms with Crippen LogP contribution in [0.5, 0.6) is 0 Å². The van der Waals surface area contributed by atoms with E-state index in [2.05, 4.69) is 12.2 Å². The van der Waals surface area contributed by atoms with Gasteiger partial charge in [-0.1, -0.05) is 50.1 Å². The molecular formula is C18H25N3O2. The fourth-order valence-corrected chi connectivity index (χ4v) is 3.81. The van der Waals surface area contributed by atoms with Gasteiger partial charge in [-0.2, -0.15) is 0 Å². The number of carbonyl (C=O) groups excluding carboxylic acids is 2. The lowest BCUT2D eigenvalue weighted by Gasteiger charge is -2.37. The van der Waals surface area contributed by atoms with Gasteiger partial charge in [0.1, 0.15) is 5.54 Å². The van der Waals surface area contributed by atoms with Crippen LogP contribution in [0.2, 0.25) is 0 Å². The van der Waals surface area contributed by atoms with Gasteiger partial charge in [0.15, 0.2) is 0 Å². The van der Waals surface area contributed by atoms with Crippen molar-refractivity contribution in [2.24, 2.45) is 5.92 Å². The van der Waals surface area contributed by atoms with E-state index in [1.165, 1.54) is 10.5 Å². The van der Waals surface area contributed by atoms with E-state index < -0.39 is 5.54 Å². The Bertz CT molecular complexity index is 589. The van der Waals surface area contributed by atoms with Gasteiger partial charge in [-0.15, -0.1) is 0 Å². The highest BCUT2D eigenvalue weighted by Gasteiger charge is 2.54. The van der Waals surface area contributed by atoms with Crippen molar-refractivity contribution in [1.82, 2.24) is 15.1 Å². The molecule has 1 saturated carbocycles. The van der Waals surface area contributed by atoms with Gasteiger partial charge < -0.3 is 5.32 Å². The molecule has 0 bridgehead atoms. The molecule has 1 aromatic carbocycles. The number of hydrogen-bond acceptors (Lipinski definition) is 3. The standard InChI is InChI=1S/C18H25N3O2/c1-14-8-6-7-11-18(14)16(22)21(17(23)19-18)13-20(2)12-15-9-4-3-5-10-15/h3-5,9-10,14H,6-8,11-13H2,1-2H3,(H,19,23)/t14-,18-/m0/s1. The van der Waals surface area contributed by atoms with Gasteiger partial charge in [0, 0.05) is 6.54 Å². The van der Waals surface area contributed by atoms with Crippen molar-refractivity contribution < 1.29 is 9.59 Å². The molecule has 5 nitrogen and oxygen atoms in total. The van der Waals surface area contributed by atoms with E-state index in [-0.39, 0.29) is 17.9 Å². The minimum atomic E-state index is -0.664. The summed E-state index contributed by atoms with van der Waals surface area (Å²) in [6, 6.07) is 9.82. The first-order chi connectivity index (χ1) is 11.0. The lowest BCUT2D eigenvalue weighted by atomic mass is 9.73. The fourth-order valence-electron chi connectivity index (χ4n) is 3.81. The van der Waals surface area contributed by atoms with Gasteiger partial charge in [0.2, 0.25) is 0 Å². The van der Waals surface area contributed by atoms with Gasteiger partial charge in [0.25, 0.3) is 5.91 Å². The number of hydrogen-bond donors (Lipinski definition) is 1. The fraction of sp³-hybridized carbons (Fsp3) is 0.556. The molecule has 1 N–H and O–H groups in total. The smallest absolute Gasteiger partial charge is 0.323 e. The van der Waals surface area contributed by atoms with Crippen molar-refractivity contribution in [2.45, 2.75) is 44.7 Å². The zero-order valence-electron chi connectivity index (χ0n) is 13.9. The third-order valence-corrected chi connectivity index (χ3v) is 5.18. The highest BCUT2D eigenvalue weighted by molar-refractivity contribution is 6.07. The van der Waals surface area contributed by atoms with E-state index in [0.29, 0.717) is 13.2 Å². The largest absolute Gasteiger partial charge is 0.326 e. The topological polar surface area (TPSA) is 52.7 Å². The molecule has 1 saturated heterocycles. The van der Waals surface area contributed by atoms with Crippen molar-refractivity contribution in [3.8, 4) is 0 Å². The molecule has 1 aliphatic heterocycles. The zero-order valence-corrected chi connectivity index (χ0v) is 13.9. The van der Waals surface area contributed by atoms with Crippen LogP contribution in [0.4, 0.5) is 4.79 Å². The van der Waals surface area contributed by atoms with E-state index >= 15 is 0 Å². The van der Waals surface area contributed by atoms with Crippen LogP contribution < -0.4 is 5.32 Å². The summed E-state index contributed by atoms with van der Waals surface area (Å²) >= 11 is 0. The van der Waals surface area contributed by atoms with Gasteiger partial charge in [-0.25, -0.2) is 9.69 Å². The van der Waals surface area contributed by atoms with E-state index in [9.17, 15) is 9.59 Å². The van der Waals surface area contributed by atoms with Crippen LogP contribution in [0.25, 0.3) is 0 Å². The minimum Gasteiger partial charge on any atom is -0.323 e. The summed E-state index contributed by atoms with van der Waals surface area (Å²) in [5.41, 5.74) is 0.505. The first-order valence-electron chi connectivity index (χ1n) is 8.39. The molecule has 3 amide bonds. The summed E-state index contributed by atoms with van der Waals surface area (Å²) < 4.78 is 0. The average Bonchev–Trinajstić information content (AvgIpc) is 2.76. The molecule has 124 valence electrons. The van der Waals surface area contributed by atoms with Gasteiger partial charge in [0.05, 0.1) is 6.67 Å². The number of benzene rings is 1. The first-order valence-corrected chi connectivity index (χ1v) is 8.39. The van der Waals surface area contributed by atoms with Crippen LogP contribution in [-0.2, 0) is 11.3 Å². The van der Waals surface area contributed by atoms with Crippen LogP contribution in [0, 0.1) is 5.92 Å². The number of carbonyl (C=O) groups is 2. The number of imide groups is 1. The molecule has 1 aromatic rings. The van der Waals surface area contributed by atoms with E-state index in [4.69, 9.17) is 0 Å². The van der Waals surface area contributed by atoms with Gasteiger partial charge in [-0.05, 0) is 31.4 Å². The maximum atomic E-state index is 12.9. The SMILES string of the molecule is C[C@H]1CCCC[C@]12NC(=O)N(CN(C)Cc1ccccc1)C2=O. The first kappa shape index (κ1) is 16.0. The highest BCUT2D eigenvalue weighted by atomic mass is 16.2.